The van der Waals surface area contributed by atoms with Crippen molar-refractivity contribution in [2.24, 2.45) is 10.2 Å². The standard InChI is InChI=1S/C18H20ClN3O4S/c1-2-3-10-26-15-7-4-13(5-8-15)12-21-22-18(23)14-6-9-16(19)17(11-14)27(20,24)25/h4-9,11-12H,2-3,10H2,1H3,(H,22,23)(H2,20,24,25)/b21-12-. The molecule has 1 amide bonds. The highest BCUT2D eigenvalue weighted by Gasteiger charge is 2.16. The first-order valence-electron chi connectivity index (χ1n) is 8.20. The number of rotatable bonds is 8. The molecule has 0 aliphatic carbocycles. The van der Waals surface area contributed by atoms with Crippen molar-refractivity contribution in [3.05, 3.63) is 58.6 Å². The molecule has 0 aliphatic heterocycles. The molecule has 0 heterocycles. The molecule has 0 aliphatic rings. The molecule has 2 aromatic carbocycles. The van der Waals surface area contributed by atoms with Crippen molar-refractivity contribution in [1.29, 1.82) is 0 Å². The fourth-order valence-electron chi connectivity index (χ4n) is 2.08. The molecule has 27 heavy (non-hydrogen) atoms. The normalized spacial score (nSPS) is 11.5. The minimum atomic E-state index is -4.03. The van der Waals surface area contributed by atoms with Gasteiger partial charge < -0.3 is 4.74 Å². The maximum Gasteiger partial charge on any atom is 0.271 e. The smallest absolute Gasteiger partial charge is 0.271 e. The summed E-state index contributed by atoms with van der Waals surface area (Å²) in [6, 6.07) is 11.0. The van der Waals surface area contributed by atoms with Gasteiger partial charge in [-0.05, 0) is 54.4 Å². The molecule has 0 saturated heterocycles. The third-order valence-corrected chi connectivity index (χ3v) is 4.92. The average molecular weight is 410 g/mol. The lowest BCUT2D eigenvalue weighted by Crippen LogP contribution is -2.19. The number of sulfonamides is 1. The summed E-state index contributed by atoms with van der Waals surface area (Å²) in [5.41, 5.74) is 3.16. The number of hydrogen-bond acceptors (Lipinski definition) is 5. The Kier molecular flexibility index (Phi) is 7.35. The van der Waals surface area contributed by atoms with Crippen LogP contribution in [0.15, 0.2) is 52.5 Å². The molecule has 9 heteroatoms. The van der Waals surface area contributed by atoms with Crippen LogP contribution in [0.5, 0.6) is 5.75 Å². The largest absolute Gasteiger partial charge is 0.494 e. The van der Waals surface area contributed by atoms with Gasteiger partial charge >= 0.3 is 0 Å². The number of hydrogen-bond donors (Lipinski definition) is 2. The van der Waals surface area contributed by atoms with Crippen LogP contribution in [0.4, 0.5) is 0 Å². The van der Waals surface area contributed by atoms with E-state index in [9.17, 15) is 13.2 Å². The highest BCUT2D eigenvalue weighted by molar-refractivity contribution is 7.89. The number of amides is 1. The van der Waals surface area contributed by atoms with Crippen LogP contribution in [-0.2, 0) is 10.0 Å². The van der Waals surface area contributed by atoms with E-state index in [1.54, 1.807) is 12.1 Å². The SMILES string of the molecule is CCCCOc1ccc(/C=N\NC(=O)c2ccc(Cl)c(S(N)(=O)=O)c2)cc1. The number of benzene rings is 2. The lowest BCUT2D eigenvalue weighted by molar-refractivity contribution is 0.0955. The molecule has 2 aromatic rings. The van der Waals surface area contributed by atoms with Crippen molar-refractivity contribution >= 4 is 33.7 Å². The van der Waals surface area contributed by atoms with Gasteiger partial charge in [0.25, 0.3) is 5.91 Å². The van der Waals surface area contributed by atoms with Crippen LogP contribution in [0.1, 0.15) is 35.7 Å². The summed E-state index contributed by atoms with van der Waals surface area (Å²) in [7, 11) is -4.03. The second-order valence-electron chi connectivity index (χ2n) is 5.66. The fourth-order valence-corrected chi connectivity index (χ4v) is 3.15. The Morgan fingerprint density at radius 2 is 1.96 bits per heavy atom. The average Bonchev–Trinajstić information content (AvgIpc) is 2.62. The van der Waals surface area contributed by atoms with Gasteiger partial charge in [-0.1, -0.05) is 24.9 Å². The van der Waals surface area contributed by atoms with Crippen molar-refractivity contribution in [2.75, 3.05) is 6.61 Å². The first-order chi connectivity index (χ1) is 12.8. The van der Waals surface area contributed by atoms with E-state index >= 15 is 0 Å². The highest BCUT2D eigenvalue weighted by Crippen LogP contribution is 2.21. The van der Waals surface area contributed by atoms with Crippen LogP contribution in [0.25, 0.3) is 0 Å². The van der Waals surface area contributed by atoms with Crippen LogP contribution >= 0.6 is 11.6 Å². The molecule has 0 aromatic heterocycles. The Morgan fingerprint density at radius 1 is 1.26 bits per heavy atom. The molecule has 7 nitrogen and oxygen atoms in total. The van der Waals surface area contributed by atoms with E-state index in [2.05, 4.69) is 17.5 Å². The van der Waals surface area contributed by atoms with Crippen molar-refractivity contribution in [3.8, 4) is 5.75 Å². The molecular weight excluding hydrogens is 390 g/mol. The lowest BCUT2D eigenvalue weighted by Gasteiger charge is -2.05. The van der Waals surface area contributed by atoms with E-state index in [4.69, 9.17) is 21.5 Å². The number of ether oxygens (including phenoxy) is 1. The Balaban J connectivity index is 1.99. The highest BCUT2D eigenvalue weighted by atomic mass is 35.5. The van der Waals surface area contributed by atoms with Crippen molar-refractivity contribution in [3.63, 3.8) is 0 Å². The van der Waals surface area contributed by atoms with Crippen LogP contribution < -0.4 is 15.3 Å². The Labute approximate surface area is 163 Å². The van der Waals surface area contributed by atoms with Crippen LogP contribution in [0, 0.1) is 0 Å². The summed E-state index contributed by atoms with van der Waals surface area (Å²) in [6.07, 6.45) is 3.52. The number of nitrogens with one attached hydrogen (secondary N) is 1. The molecule has 0 spiro atoms. The van der Waals surface area contributed by atoms with Gasteiger partial charge in [0.1, 0.15) is 10.6 Å². The third kappa shape index (κ3) is 6.35. The van der Waals surface area contributed by atoms with Crippen molar-refractivity contribution in [1.82, 2.24) is 5.43 Å². The van der Waals surface area contributed by atoms with E-state index in [1.165, 1.54) is 18.3 Å². The molecule has 0 radical (unpaired) electrons. The number of nitrogens with two attached hydrogens (primary N) is 1. The van der Waals surface area contributed by atoms with Gasteiger partial charge in [0, 0.05) is 5.56 Å². The quantitative estimate of drug-likeness (QED) is 0.396. The van der Waals surface area contributed by atoms with Crippen molar-refractivity contribution in [2.45, 2.75) is 24.7 Å². The third-order valence-electron chi connectivity index (χ3n) is 3.53. The minimum Gasteiger partial charge on any atom is -0.494 e. The van der Waals surface area contributed by atoms with Gasteiger partial charge in [-0.3, -0.25) is 4.79 Å². The summed E-state index contributed by atoms with van der Waals surface area (Å²) in [6.45, 7) is 2.76. The second-order valence-corrected chi connectivity index (χ2v) is 7.60. The predicted molar refractivity (Wildman–Crippen MR) is 105 cm³/mol. The predicted octanol–water partition coefficient (Wildman–Crippen LogP) is 2.93. The van der Waals surface area contributed by atoms with E-state index in [-0.39, 0.29) is 15.5 Å². The molecule has 2 rings (SSSR count). The van der Waals surface area contributed by atoms with E-state index < -0.39 is 15.9 Å². The number of hydrazone groups is 1. The maximum absolute atomic E-state index is 12.1. The monoisotopic (exact) mass is 409 g/mol. The Morgan fingerprint density at radius 3 is 2.59 bits per heavy atom. The minimum absolute atomic E-state index is 0.0567. The molecule has 0 bridgehead atoms. The molecule has 144 valence electrons. The number of unbranched alkanes of at least 4 members (excludes halogenated alkanes) is 1. The summed E-state index contributed by atoms with van der Waals surface area (Å²) < 4.78 is 28.5. The molecule has 0 saturated carbocycles. The molecule has 0 unspecified atom stereocenters. The summed E-state index contributed by atoms with van der Waals surface area (Å²) >= 11 is 5.79. The van der Waals surface area contributed by atoms with Crippen LogP contribution in [-0.4, -0.2) is 27.1 Å². The first-order valence-corrected chi connectivity index (χ1v) is 10.1. The number of carbonyl (C=O) groups is 1. The van der Waals surface area contributed by atoms with Gasteiger partial charge in [0.15, 0.2) is 0 Å². The number of primary sulfonamides is 1. The zero-order valence-electron chi connectivity index (χ0n) is 14.7. The molecular formula is C18H20ClN3O4S. The Hall–Kier alpha value is -2.42. The summed E-state index contributed by atoms with van der Waals surface area (Å²) in [4.78, 5) is 11.8. The van der Waals surface area contributed by atoms with Gasteiger partial charge in [-0.15, -0.1) is 0 Å². The fraction of sp³-hybridized carbons (Fsp3) is 0.222. The van der Waals surface area contributed by atoms with Crippen molar-refractivity contribution < 1.29 is 17.9 Å². The van der Waals surface area contributed by atoms with Crippen LogP contribution in [0.2, 0.25) is 5.02 Å². The van der Waals surface area contributed by atoms with Gasteiger partial charge in [-0.2, -0.15) is 5.10 Å². The zero-order chi connectivity index (χ0) is 19.9. The van der Waals surface area contributed by atoms with E-state index in [1.807, 2.05) is 12.1 Å². The molecule has 0 atom stereocenters. The van der Waals surface area contributed by atoms with E-state index in [0.29, 0.717) is 6.61 Å². The summed E-state index contributed by atoms with van der Waals surface area (Å²) in [5, 5.41) is 8.87. The number of halogens is 1. The first kappa shape index (κ1) is 20.9. The second kappa shape index (κ2) is 9.50. The van der Waals surface area contributed by atoms with Gasteiger partial charge in [0.05, 0.1) is 17.8 Å². The maximum atomic E-state index is 12.1. The van der Waals surface area contributed by atoms with E-state index in [0.717, 1.165) is 30.2 Å². The topological polar surface area (TPSA) is 111 Å². The lowest BCUT2D eigenvalue weighted by atomic mass is 10.2. The Bertz CT molecular complexity index is 928. The number of carbonyl (C=O) groups excluding carboxylic acids is 1. The zero-order valence-corrected chi connectivity index (χ0v) is 16.3. The van der Waals surface area contributed by atoms with Gasteiger partial charge in [-0.25, -0.2) is 19.0 Å². The van der Waals surface area contributed by atoms with Gasteiger partial charge in [0.2, 0.25) is 10.0 Å². The molecule has 0 fully saturated rings. The summed E-state index contributed by atoms with van der Waals surface area (Å²) in [5.74, 6) is 0.175. The number of nitrogens with zero attached hydrogens (tertiary/aromatic N) is 1. The van der Waals surface area contributed by atoms with Crippen LogP contribution in [0.3, 0.4) is 0 Å². The molecule has 3 N–H and O–H groups in total.